The summed E-state index contributed by atoms with van der Waals surface area (Å²) in [6.45, 7) is 9.43. The van der Waals surface area contributed by atoms with Crippen LogP contribution in [-0.4, -0.2) is 0 Å². The smallest absolute Gasteiger partial charge is 0.141 e. The highest BCUT2D eigenvalue weighted by Gasteiger charge is 2.43. The zero-order valence-electron chi connectivity index (χ0n) is 33.9. The Labute approximate surface area is 347 Å². The van der Waals surface area contributed by atoms with Crippen LogP contribution >= 0.6 is 0 Å². The molecule has 0 aliphatic carbocycles. The number of hydrogen-bond acceptors (Lipinski definition) is 4. The molecule has 286 valence electrons. The lowest BCUT2D eigenvalue weighted by Gasteiger charge is -2.42. The third-order valence-electron chi connectivity index (χ3n) is 13.7. The summed E-state index contributed by atoms with van der Waals surface area (Å²) < 4.78 is 14.3. The Morgan fingerprint density at radius 1 is 0.333 bits per heavy atom. The van der Waals surface area contributed by atoms with Crippen molar-refractivity contribution in [3.8, 4) is 0 Å². The van der Waals surface area contributed by atoms with E-state index >= 15 is 0 Å². The van der Waals surface area contributed by atoms with Crippen molar-refractivity contribution in [3.05, 3.63) is 192 Å². The fourth-order valence-corrected chi connectivity index (χ4v) is 11.2. The number of para-hydroxylation sites is 2. The van der Waals surface area contributed by atoms with Crippen LogP contribution < -0.4 is 9.80 Å². The van der Waals surface area contributed by atoms with Crippen LogP contribution in [0, 0.1) is 0 Å². The van der Waals surface area contributed by atoms with E-state index in [0.29, 0.717) is 0 Å². The molecule has 2 aliphatic rings. The summed E-state index contributed by atoms with van der Waals surface area (Å²) in [5.74, 6) is 0. The standard InChI is InChI=1S/C56H40N2O2/c1-55(2)49-37-21-13-11-15-33(37)23-27-43(49)57(35-17-7-5-8-18-35)45-29-25-39-41-31-48-42(32-47(41)59-53(39)51(45)55)40-26-30-46-52(54(40)60-48)56(3,4)50-38-22-14-12-16-34(38)24-28-44(50)58(46)36-19-9-6-10-20-36/h5-32H,1-4H3. The summed E-state index contributed by atoms with van der Waals surface area (Å²) in [6.07, 6.45) is 0. The minimum atomic E-state index is -0.369. The van der Waals surface area contributed by atoms with Gasteiger partial charge in [-0.1, -0.05) is 125 Å². The molecule has 4 nitrogen and oxygen atoms in total. The first-order valence-electron chi connectivity index (χ1n) is 20.9. The van der Waals surface area contributed by atoms with Gasteiger partial charge in [0, 0.05) is 54.9 Å². The van der Waals surface area contributed by atoms with Crippen LogP contribution in [0.4, 0.5) is 34.1 Å². The molecule has 4 heterocycles. The monoisotopic (exact) mass is 772 g/mol. The molecule has 60 heavy (non-hydrogen) atoms. The van der Waals surface area contributed by atoms with Crippen molar-refractivity contribution in [1.82, 2.24) is 0 Å². The topological polar surface area (TPSA) is 32.8 Å². The lowest BCUT2D eigenvalue weighted by atomic mass is 9.71. The maximum absolute atomic E-state index is 7.17. The van der Waals surface area contributed by atoms with Crippen molar-refractivity contribution >= 4 is 99.5 Å². The lowest BCUT2D eigenvalue weighted by molar-refractivity contribution is 0.604. The minimum Gasteiger partial charge on any atom is -0.456 e. The maximum Gasteiger partial charge on any atom is 0.141 e. The third-order valence-corrected chi connectivity index (χ3v) is 13.7. The second-order valence-electron chi connectivity index (χ2n) is 17.7. The van der Waals surface area contributed by atoms with Gasteiger partial charge < -0.3 is 18.6 Å². The second kappa shape index (κ2) is 11.7. The quantitative estimate of drug-likeness (QED) is 0.175. The normalized spacial score (nSPS) is 15.2. The molecule has 2 aliphatic heterocycles. The van der Waals surface area contributed by atoms with Gasteiger partial charge in [0.15, 0.2) is 0 Å². The number of nitrogens with zero attached hydrogens (tertiary/aromatic N) is 2. The zero-order valence-corrected chi connectivity index (χ0v) is 33.9. The van der Waals surface area contributed by atoms with Crippen LogP contribution in [0.3, 0.4) is 0 Å². The summed E-state index contributed by atoms with van der Waals surface area (Å²) in [7, 11) is 0. The highest BCUT2D eigenvalue weighted by Crippen LogP contribution is 2.59. The van der Waals surface area contributed by atoms with E-state index in [9.17, 15) is 0 Å². The molecule has 0 radical (unpaired) electrons. The molecule has 2 aromatic heterocycles. The number of hydrogen-bond donors (Lipinski definition) is 0. The van der Waals surface area contributed by atoms with Gasteiger partial charge in [0.25, 0.3) is 0 Å². The Hall–Kier alpha value is -7.30. The molecule has 0 bridgehead atoms. The van der Waals surface area contributed by atoms with Crippen LogP contribution in [0.25, 0.3) is 65.4 Å². The molecule has 0 saturated heterocycles. The van der Waals surface area contributed by atoms with E-state index in [4.69, 9.17) is 8.83 Å². The van der Waals surface area contributed by atoms with E-state index in [-0.39, 0.29) is 10.8 Å². The number of furan rings is 2. The van der Waals surface area contributed by atoms with Gasteiger partial charge >= 0.3 is 0 Å². The van der Waals surface area contributed by atoms with Gasteiger partial charge in [0.1, 0.15) is 22.3 Å². The van der Waals surface area contributed by atoms with E-state index < -0.39 is 0 Å². The van der Waals surface area contributed by atoms with Crippen molar-refractivity contribution in [1.29, 1.82) is 0 Å². The van der Waals surface area contributed by atoms with Crippen molar-refractivity contribution in [3.63, 3.8) is 0 Å². The van der Waals surface area contributed by atoms with Crippen LogP contribution in [0.5, 0.6) is 0 Å². The molecule has 4 heteroatoms. The van der Waals surface area contributed by atoms with Gasteiger partial charge in [-0.25, -0.2) is 0 Å². The summed E-state index contributed by atoms with van der Waals surface area (Å²) >= 11 is 0. The highest BCUT2D eigenvalue weighted by molar-refractivity contribution is 6.18. The molecule has 0 atom stereocenters. The largest absolute Gasteiger partial charge is 0.456 e. The predicted octanol–water partition coefficient (Wildman–Crippen LogP) is 16.0. The fraction of sp³-hybridized carbons (Fsp3) is 0.107. The summed E-state index contributed by atoms with van der Waals surface area (Å²) in [5, 5.41) is 9.29. The fourth-order valence-electron chi connectivity index (χ4n) is 11.2. The number of benzene rings is 9. The average molecular weight is 773 g/mol. The van der Waals surface area contributed by atoms with Gasteiger partial charge in [-0.2, -0.15) is 0 Å². The molecule has 0 amide bonds. The minimum absolute atomic E-state index is 0.369. The molecule has 0 spiro atoms. The maximum atomic E-state index is 7.17. The molecular weight excluding hydrogens is 733 g/mol. The molecule has 11 aromatic rings. The van der Waals surface area contributed by atoms with E-state index in [1.165, 1.54) is 55.2 Å². The third kappa shape index (κ3) is 4.30. The molecule has 0 fully saturated rings. The molecule has 9 aromatic carbocycles. The van der Waals surface area contributed by atoms with Gasteiger partial charge in [-0.3, -0.25) is 0 Å². The summed E-state index contributed by atoms with van der Waals surface area (Å²) in [6, 6.07) is 61.6. The van der Waals surface area contributed by atoms with Crippen LogP contribution in [0.15, 0.2) is 179 Å². The highest BCUT2D eigenvalue weighted by atomic mass is 16.3. The Bertz CT molecular complexity index is 3370. The first-order chi connectivity index (χ1) is 29.3. The summed E-state index contributed by atoms with van der Waals surface area (Å²) in [4.78, 5) is 4.83. The Morgan fingerprint density at radius 3 is 1.13 bits per heavy atom. The Morgan fingerprint density at radius 2 is 0.700 bits per heavy atom. The van der Waals surface area contributed by atoms with Crippen molar-refractivity contribution in [2.45, 2.75) is 38.5 Å². The number of fused-ring (bicyclic) bond motifs is 16. The lowest BCUT2D eigenvalue weighted by Crippen LogP contribution is -2.31. The Balaban J connectivity index is 1.06. The second-order valence-corrected chi connectivity index (χ2v) is 17.7. The molecule has 0 saturated carbocycles. The van der Waals surface area contributed by atoms with E-state index in [1.807, 2.05) is 0 Å². The summed E-state index contributed by atoms with van der Waals surface area (Å²) in [5.41, 5.74) is 14.7. The van der Waals surface area contributed by atoms with E-state index in [1.54, 1.807) is 0 Å². The SMILES string of the molecule is CC1(C)c2c(ccc3ccccc23)N(c2ccccc2)c2ccc3c(oc4cc5c(cc43)oc3c4c(ccc35)N(c3ccccc3)c3ccc5ccccc5c3C4(C)C)c21. The van der Waals surface area contributed by atoms with Gasteiger partial charge in [0.2, 0.25) is 0 Å². The first kappa shape index (κ1) is 33.6. The van der Waals surface area contributed by atoms with Gasteiger partial charge in [-0.15, -0.1) is 0 Å². The van der Waals surface area contributed by atoms with E-state index in [2.05, 4.69) is 207 Å². The number of rotatable bonds is 2. The van der Waals surface area contributed by atoms with E-state index in [0.717, 1.165) is 66.6 Å². The molecule has 13 rings (SSSR count). The molecule has 0 unspecified atom stereocenters. The van der Waals surface area contributed by atoms with Gasteiger partial charge in [0.05, 0.1) is 22.7 Å². The van der Waals surface area contributed by atoms with Crippen molar-refractivity contribution < 1.29 is 8.83 Å². The molecule has 0 N–H and O–H groups in total. The van der Waals surface area contributed by atoms with Crippen LogP contribution in [-0.2, 0) is 10.8 Å². The van der Waals surface area contributed by atoms with Crippen molar-refractivity contribution in [2.75, 3.05) is 9.80 Å². The van der Waals surface area contributed by atoms with Gasteiger partial charge in [-0.05, 0) is 105 Å². The first-order valence-corrected chi connectivity index (χ1v) is 20.9. The predicted molar refractivity (Wildman–Crippen MR) is 250 cm³/mol. The Kier molecular flexibility index (Phi) is 6.55. The van der Waals surface area contributed by atoms with Crippen LogP contribution in [0.2, 0.25) is 0 Å². The molecular formula is C56H40N2O2. The number of anilines is 6. The average Bonchev–Trinajstić information content (AvgIpc) is 3.82. The van der Waals surface area contributed by atoms with Crippen molar-refractivity contribution in [2.24, 2.45) is 0 Å². The zero-order chi connectivity index (χ0) is 40.1. The van der Waals surface area contributed by atoms with Crippen LogP contribution in [0.1, 0.15) is 49.9 Å².